The third-order valence-corrected chi connectivity index (χ3v) is 3.62. The van der Waals surface area contributed by atoms with Crippen molar-refractivity contribution in [2.75, 3.05) is 27.4 Å². The number of hydrogen-bond donors (Lipinski definition) is 0. The SMILES string of the molecule is CON=C(C)c1ccc(OCCOc2ccc(C(C)=NOC)cc2)cc1. The topological polar surface area (TPSA) is 61.6 Å². The van der Waals surface area contributed by atoms with Crippen LogP contribution >= 0.6 is 0 Å². The summed E-state index contributed by atoms with van der Waals surface area (Å²) >= 11 is 0. The summed E-state index contributed by atoms with van der Waals surface area (Å²) in [6, 6.07) is 15.4. The van der Waals surface area contributed by atoms with E-state index in [1.165, 1.54) is 14.2 Å². The van der Waals surface area contributed by atoms with Crippen LogP contribution in [0.15, 0.2) is 58.8 Å². The van der Waals surface area contributed by atoms with Gasteiger partial charge in [0.25, 0.3) is 0 Å². The van der Waals surface area contributed by atoms with E-state index in [2.05, 4.69) is 10.3 Å². The van der Waals surface area contributed by atoms with Crippen molar-refractivity contribution < 1.29 is 19.1 Å². The molecule has 6 nitrogen and oxygen atoms in total. The van der Waals surface area contributed by atoms with E-state index in [1.54, 1.807) is 0 Å². The minimum atomic E-state index is 0.455. The summed E-state index contributed by atoms with van der Waals surface area (Å²) < 4.78 is 11.4. The van der Waals surface area contributed by atoms with Gasteiger partial charge in [-0.3, -0.25) is 0 Å². The van der Waals surface area contributed by atoms with E-state index in [0.717, 1.165) is 34.0 Å². The molecule has 0 bridgehead atoms. The average Bonchev–Trinajstić information content (AvgIpc) is 2.66. The molecule has 0 saturated carbocycles. The Labute approximate surface area is 154 Å². The molecule has 0 aromatic heterocycles. The van der Waals surface area contributed by atoms with E-state index < -0.39 is 0 Å². The zero-order valence-corrected chi connectivity index (χ0v) is 15.6. The maximum atomic E-state index is 5.68. The van der Waals surface area contributed by atoms with Gasteiger partial charge in [-0.25, -0.2) is 0 Å². The zero-order chi connectivity index (χ0) is 18.8. The normalized spacial score (nSPS) is 11.8. The van der Waals surface area contributed by atoms with Gasteiger partial charge in [0.2, 0.25) is 0 Å². The van der Waals surface area contributed by atoms with Crippen LogP contribution in [0, 0.1) is 0 Å². The third kappa shape index (κ3) is 5.81. The molecule has 0 spiro atoms. The van der Waals surface area contributed by atoms with Crippen LogP contribution in [0.1, 0.15) is 25.0 Å². The summed E-state index contributed by atoms with van der Waals surface area (Å²) in [5.74, 6) is 1.56. The summed E-state index contributed by atoms with van der Waals surface area (Å²) in [5, 5.41) is 7.80. The smallest absolute Gasteiger partial charge is 0.122 e. The Hall–Kier alpha value is -3.02. The van der Waals surface area contributed by atoms with Crippen molar-refractivity contribution in [2.24, 2.45) is 10.3 Å². The zero-order valence-electron chi connectivity index (χ0n) is 15.6. The molecule has 0 heterocycles. The molecule has 0 fully saturated rings. The molecule has 2 rings (SSSR count). The minimum Gasteiger partial charge on any atom is -0.490 e. The molecule has 0 amide bonds. The second-order valence-electron chi connectivity index (χ2n) is 5.46. The van der Waals surface area contributed by atoms with Gasteiger partial charge < -0.3 is 19.1 Å². The molecular formula is C20H24N2O4. The van der Waals surface area contributed by atoms with Crippen LogP contribution in [-0.4, -0.2) is 38.9 Å². The molecule has 2 aromatic carbocycles. The van der Waals surface area contributed by atoms with E-state index in [1.807, 2.05) is 62.4 Å². The summed E-state index contributed by atoms with van der Waals surface area (Å²) in [4.78, 5) is 9.54. The lowest BCUT2D eigenvalue weighted by molar-refractivity contribution is 0.213. The Kier molecular flexibility index (Phi) is 7.49. The van der Waals surface area contributed by atoms with Gasteiger partial charge in [-0.15, -0.1) is 0 Å². The van der Waals surface area contributed by atoms with Gasteiger partial charge in [-0.05, 0) is 73.5 Å². The van der Waals surface area contributed by atoms with Crippen molar-refractivity contribution in [3.05, 3.63) is 59.7 Å². The van der Waals surface area contributed by atoms with Crippen LogP contribution < -0.4 is 9.47 Å². The Morgan fingerprint density at radius 2 is 1.00 bits per heavy atom. The summed E-state index contributed by atoms with van der Waals surface area (Å²) in [6.45, 7) is 4.69. The first-order chi connectivity index (χ1) is 12.6. The van der Waals surface area contributed by atoms with E-state index in [9.17, 15) is 0 Å². The van der Waals surface area contributed by atoms with Gasteiger partial charge in [-0.2, -0.15) is 0 Å². The van der Waals surface area contributed by atoms with E-state index in [-0.39, 0.29) is 0 Å². The highest BCUT2D eigenvalue weighted by Gasteiger charge is 2.01. The van der Waals surface area contributed by atoms with Crippen LogP contribution in [0.2, 0.25) is 0 Å². The lowest BCUT2D eigenvalue weighted by Crippen LogP contribution is -2.09. The van der Waals surface area contributed by atoms with E-state index in [4.69, 9.17) is 19.1 Å². The number of hydrogen-bond acceptors (Lipinski definition) is 6. The number of ether oxygens (including phenoxy) is 2. The van der Waals surface area contributed by atoms with Crippen LogP contribution in [0.5, 0.6) is 11.5 Å². The maximum Gasteiger partial charge on any atom is 0.122 e. The summed E-state index contributed by atoms with van der Waals surface area (Å²) in [6.07, 6.45) is 0. The van der Waals surface area contributed by atoms with Crippen molar-refractivity contribution in [3.63, 3.8) is 0 Å². The lowest BCUT2D eigenvalue weighted by atomic mass is 10.1. The molecule has 138 valence electrons. The van der Waals surface area contributed by atoms with Crippen molar-refractivity contribution in [2.45, 2.75) is 13.8 Å². The Balaban J connectivity index is 1.78. The monoisotopic (exact) mass is 356 g/mol. The number of benzene rings is 2. The van der Waals surface area contributed by atoms with E-state index in [0.29, 0.717) is 13.2 Å². The Bertz CT molecular complexity index is 672. The highest BCUT2D eigenvalue weighted by Crippen LogP contribution is 2.15. The fourth-order valence-electron chi connectivity index (χ4n) is 2.28. The average molecular weight is 356 g/mol. The molecule has 0 N–H and O–H groups in total. The van der Waals surface area contributed by atoms with E-state index >= 15 is 0 Å². The quantitative estimate of drug-likeness (QED) is 0.388. The van der Waals surface area contributed by atoms with Crippen molar-refractivity contribution >= 4 is 11.4 Å². The lowest BCUT2D eigenvalue weighted by Gasteiger charge is -2.09. The summed E-state index contributed by atoms with van der Waals surface area (Å²) in [7, 11) is 3.06. The second kappa shape index (κ2) is 10.1. The van der Waals surface area contributed by atoms with Gasteiger partial charge in [0.15, 0.2) is 0 Å². The third-order valence-electron chi connectivity index (χ3n) is 3.62. The molecule has 0 aliphatic rings. The summed E-state index contributed by atoms with van der Waals surface area (Å²) in [5.41, 5.74) is 3.61. The predicted octanol–water partition coefficient (Wildman–Crippen LogP) is 3.89. The maximum absolute atomic E-state index is 5.68. The van der Waals surface area contributed by atoms with Crippen LogP contribution in [-0.2, 0) is 9.68 Å². The fourth-order valence-corrected chi connectivity index (χ4v) is 2.28. The molecule has 2 aromatic rings. The minimum absolute atomic E-state index is 0.455. The highest BCUT2D eigenvalue weighted by atomic mass is 16.6. The molecule has 0 atom stereocenters. The largest absolute Gasteiger partial charge is 0.490 e. The second-order valence-corrected chi connectivity index (χ2v) is 5.46. The number of nitrogens with zero attached hydrogens (tertiary/aromatic N) is 2. The first-order valence-electron chi connectivity index (χ1n) is 8.26. The van der Waals surface area contributed by atoms with Crippen LogP contribution in [0.3, 0.4) is 0 Å². The van der Waals surface area contributed by atoms with Gasteiger partial charge in [0, 0.05) is 0 Å². The molecule has 0 unspecified atom stereocenters. The molecular weight excluding hydrogens is 332 g/mol. The van der Waals surface area contributed by atoms with Crippen molar-refractivity contribution in [1.29, 1.82) is 0 Å². The fraction of sp³-hybridized carbons (Fsp3) is 0.300. The number of oxime groups is 2. The molecule has 0 aliphatic heterocycles. The van der Waals surface area contributed by atoms with Gasteiger partial charge in [0.05, 0.1) is 11.4 Å². The highest BCUT2D eigenvalue weighted by molar-refractivity contribution is 5.98. The van der Waals surface area contributed by atoms with Crippen molar-refractivity contribution in [3.8, 4) is 11.5 Å². The molecule has 6 heteroatoms. The van der Waals surface area contributed by atoms with Gasteiger partial charge in [0.1, 0.15) is 38.9 Å². The van der Waals surface area contributed by atoms with Crippen molar-refractivity contribution in [1.82, 2.24) is 0 Å². The first kappa shape index (κ1) is 19.3. The predicted molar refractivity (Wildman–Crippen MR) is 102 cm³/mol. The molecule has 0 saturated heterocycles. The van der Waals surface area contributed by atoms with Crippen LogP contribution in [0.25, 0.3) is 0 Å². The molecule has 0 aliphatic carbocycles. The Morgan fingerprint density at radius 3 is 1.31 bits per heavy atom. The number of rotatable bonds is 9. The Morgan fingerprint density at radius 1 is 0.654 bits per heavy atom. The van der Waals surface area contributed by atoms with Gasteiger partial charge in [-0.1, -0.05) is 10.3 Å². The molecule has 0 radical (unpaired) electrons. The molecule has 26 heavy (non-hydrogen) atoms. The van der Waals surface area contributed by atoms with Crippen LogP contribution in [0.4, 0.5) is 0 Å². The van der Waals surface area contributed by atoms with Gasteiger partial charge >= 0.3 is 0 Å². The standard InChI is InChI=1S/C20H24N2O4/c1-15(21-23-3)17-5-9-19(10-6-17)25-13-14-26-20-11-7-18(8-12-20)16(2)22-24-4/h5-12H,13-14H2,1-4H3. The first-order valence-corrected chi connectivity index (χ1v) is 8.26.